The van der Waals surface area contributed by atoms with Gasteiger partial charge in [0.25, 0.3) is 11.8 Å². The van der Waals surface area contributed by atoms with Crippen molar-refractivity contribution in [2.45, 2.75) is 13.0 Å². The molecule has 0 saturated carbocycles. The fourth-order valence-corrected chi connectivity index (χ4v) is 4.06. The summed E-state index contributed by atoms with van der Waals surface area (Å²) in [5.74, 6) is -1.28. The van der Waals surface area contributed by atoms with Gasteiger partial charge in [-0.2, -0.15) is 0 Å². The van der Waals surface area contributed by atoms with Gasteiger partial charge in [-0.1, -0.05) is 29.3 Å². The maximum Gasteiger partial charge on any atom is 0.289 e. The number of carbonyl (C=O) groups is 2. The van der Waals surface area contributed by atoms with E-state index in [9.17, 15) is 14.7 Å². The first-order valence-electron chi connectivity index (χ1n) is 10.1. The van der Waals surface area contributed by atoms with Crippen LogP contribution in [0.5, 0.6) is 0 Å². The number of hydrogen-bond acceptors (Lipinski definition) is 5. The van der Waals surface area contributed by atoms with Gasteiger partial charge in [-0.3, -0.25) is 9.59 Å². The van der Waals surface area contributed by atoms with Crippen molar-refractivity contribution in [3.8, 4) is 0 Å². The average Bonchev–Trinajstić information content (AvgIpc) is 3.00. The predicted molar refractivity (Wildman–Crippen MR) is 118 cm³/mol. The molecular weight excluding hydrogens is 427 g/mol. The summed E-state index contributed by atoms with van der Waals surface area (Å²) in [6, 6.07) is 5.17. The van der Waals surface area contributed by atoms with Crippen LogP contribution in [-0.4, -0.2) is 96.4 Å². The fraction of sp³-hybridized carbons (Fsp3) is 0.524. The Bertz CT molecular complexity index is 838. The molecule has 1 fully saturated rings. The molecule has 1 saturated heterocycles. The largest absolute Gasteiger partial charge is 0.503 e. The Balaban J connectivity index is 1.52. The highest BCUT2D eigenvalue weighted by Gasteiger charge is 2.35. The van der Waals surface area contributed by atoms with Crippen molar-refractivity contribution in [1.29, 1.82) is 0 Å². The third-order valence-electron chi connectivity index (χ3n) is 5.63. The first-order valence-corrected chi connectivity index (χ1v) is 10.8. The number of piperazine rings is 1. The topological polar surface area (TPSA) is 67.3 Å². The number of likely N-dealkylation sites (N-methyl/N-ethyl adjacent to an activating group) is 2. The third-order valence-corrected chi connectivity index (χ3v) is 6.37. The van der Waals surface area contributed by atoms with Crippen LogP contribution < -0.4 is 0 Å². The van der Waals surface area contributed by atoms with Gasteiger partial charge in [0.05, 0.1) is 22.2 Å². The molecule has 2 heterocycles. The van der Waals surface area contributed by atoms with Gasteiger partial charge in [0.15, 0.2) is 5.76 Å². The number of hydrogen-bond donors (Lipinski definition) is 1. The molecule has 1 aromatic carbocycles. The highest BCUT2D eigenvalue weighted by atomic mass is 35.5. The van der Waals surface area contributed by atoms with Crippen molar-refractivity contribution < 1.29 is 14.7 Å². The number of aliphatic hydroxyl groups excluding tert-OH is 1. The SMILES string of the molecule is CN1CCN(CCCN2CC(C(=O)N(C)Cc3ccc(Cl)c(Cl)c3)=C(O)C2=O)CC1. The van der Waals surface area contributed by atoms with Crippen molar-refractivity contribution >= 4 is 35.0 Å². The molecule has 30 heavy (non-hydrogen) atoms. The van der Waals surface area contributed by atoms with E-state index in [1.54, 1.807) is 30.1 Å². The Morgan fingerprint density at radius 3 is 2.50 bits per heavy atom. The molecule has 0 aliphatic carbocycles. The van der Waals surface area contributed by atoms with Gasteiger partial charge in [0.1, 0.15) is 0 Å². The molecule has 2 aliphatic rings. The van der Waals surface area contributed by atoms with Gasteiger partial charge in [-0.05, 0) is 37.7 Å². The summed E-state index contributed by atoms with van der Waals surface area (Å²) >= 11 is 12.0. The van der Waals surface area contributed by atoms with E-state index >= 15 is 0 Å². The number of nitrogens with zero attached hydrogens (tertiary/aromatic N) is 4. The zero-order valence-corrected chi connectivity index (χ0v) is 18.9. The van der Waals surface area contributed by atoms with E-state index in [0.717, 1.165) is 44.7 Å². The minimum atomic E-state index is -0.473. The third kappa shape index (κ3) is 5.46. The van der Waals surface area contributed by atoms with Crippen LogP contribution in [0.2, 0.25) is 10.0 Å². The molecule has 0 aromatic heterocycles. The van der Waals surface area contributed by atoms with Crippen LogP contribution in [0.1, 0.15) is 12.0 Å². The second-order valence-electron chi connectivity index (χ2n) is 7.96. The summed E-state index contributed by atoms with van der Waals surface area (Å²) in [7, 11) is 3.75. The zero-order chi connectivity index (χ0) is 21.8. The van der Waals surface area contributed by atoms with Gasteiger partial charge < -0.3 is 24.7 Å². The summed E-state index contributed by atoms with van der Waals surface area (Å²) in [5, 5.41) is 11.1. The zero-order valence-electron chi connectivity index (χ0n) is 17.4. The molecule has 9 heteroatoms. The van der Waals surface area contributed by atoms with Crippen molar-refractivity contribution in [2.24, 2.45) is 0 Å². The van der Waals surface area contributed by atoms with E-state index < -0.39 is 11.7 Å². The lowest BCUT2D eigenvalue weighted by Gasteiger charge is -2.32. The highest BCUT2D eigenvalue weighted by molar-refractivity contribution is 6.42. The van der Waals surface area contributed by atoms with Crippen molar-refractivity contribution in [1.82, 2.24) is 19.6 Å². The van der Waals surface area contributed by atoms with Crippen molar-refractivity contribution in [3.63, 3.8) is 0 Å². The van der Waals surface area contributed by atoms with Crippen LogP contribution in [0.15, 0.2) is 29.5 Å². The molecule has 2 aliphatic heterocycles. The number of benzene rings is 1. The van der Waals surface area contributed by atoms with E-state index in [-0.39, 0.29) is 18.0 Å². The molecule has 0 atom stereocenters. The minimum Gasteiger partial charge on any atom is -0.503 e. The van der Waals surface area contributed by atoms with Crippen LogP contribution >= 0.6 is 23.2 Å². The molecule has 7 nitrogen and oxygen atoms in total. The van der Waals surface area contributed by atoms with Crippen molar-refractivity contribution in [2.75, 3.05) is 59.9 Å². The lowest BCUT2D eigenvalue weighted by molar-refractivity contribution is -0.128. The Morgan fingerprint density at radius 2 is 1.83 bits per heavy atom. The van der Waals surface area contributed by atoms with Crippen LogP contribution in [0.25, 0.3) is 0 Å². The second-order valence-corrected chi connectivity index (χ2v) is 8.78. The molecule has 2 amide bonds. The summed E-state index contributed by atoms with van der Waals surface area (Å²) in [6.45, 7) is 6.00. The predicted octanol–water partition coefficient (Wildman–Crippen LogP) is 2.24. The van der Waals surface area contributed by atoms with E-state index in [1.807, 2.05) is 0 Å². The molecule has 1 N–H and O–H groups in total. The van der Waals surface area contributed by atoms with Gasteiger partial charge >= 0.3 is 0 Å². The maximum atomic E-state index is 12.8. The maximum absolute atomic E-state index is 12.8. The van der Waals surface area contributed by atoms with Crippen LogP contribution in [-0.2, 0) is 16.1 Å². The molecule has 3 rings (SSSR count). The van der Waals surface area contributed by atoms with Gasteiger partial charge in [0.2, 0.25) is 0 Å². The normalized spacial score (nSPS) is 18.4. The molecule has 0 radical (unpaired) electrons. The molecule has 0 spiro atoms. The quantitative estimate of drug-likeness (QED) is 0.683. The Kier molecular flexibility index (Phi) is 7.63. The number of aliphatic hydroxyl groups is 1. The number of carbonyl (C=O) groups excluding carboxylic acids is 2. The standard InChI is InChI=1S/C21H28Cl2N4O3/c1-24-8-10-26(11-9-24)6-3-7-27-14-16(19(28)21(27)30)20(29)25(2)13-15-4-5-17(22)18(23)12-15/h4-5,12,28H,3,6-11,13-14H2,1-2H3. The van der Waals surface area contributed by atoms with Gasteiger partial charge in [-0.15, -0.1) is 0 Å². The van der Waals surface area contributed by atoms with E-state index in [0.29, 0.717) is 23.1 Å². The van der Waals surface area contributed by atoms with E-state index in [1.165, 1.54) is 4.90 Å². The monoisotopic (exact) mass is 454 g/mol. The lowest BCUT2D eigenvalue weighted by atomic mass is 10.2. The Labute approximate surface area is 187 Å². The summed E-state index contributed by atoms with van der Waals surface area (Å²) in [4.78, 5) is 32.9. The van der Waals surface area contributed by atoms with Crippen LogP contribution in [0.4, 0.5) is 0 Å². The number of rotatable bonds is 7. The molecular formula is C21H28Cl2N4O3. The lowest BCUT2D eigenvalue weighted by Crippen LogP contribution is -2.45. The average molecular weight is 455 g/mol. The summed E-state index contributed by atoms with van der Waals surface area (Å²) < 4.78 is 0. The van der Waals surface area contributed by atoms with E-state index in [2.05, 4.69) is 16.8 Å². The second kappa shape index (κ2) is 10.0. The summed E-state index contributed by atoms with van der Waals surface area (Å²) in [6.07, 6.45) is 0.809. The van der Waals surface area contributed by atoms with Crippen LogP contribution in [0.3, 0.4) is 0 Å². The fourth-order valence-electron chi connectivity index (χ4n) is 3.74. The highest BCUT2D eigenvalue weighted by Crippen LogP contribution is 2.24. The Hall–Kier alpha value is -1.80. The first-order chi connectivity index (χ1) is 14.3. The Morgan fingerprint density at radius 1 is 1.13 bits per heavy atom. The van der Waals surface area contributed by atoms with Gasteiger partial charge in [0, 0.05) is 46.3 Å². The first kappa shape index (κ1) is 22.9. The number of halogens is 2. The number of amides is 2. The molecule has 164 valence electrons. The molecule has 1 aromatic rings. The molecule has 0 unspecified atom stereocenters. The smallest absolute Gasteiger partial charge is 0.289 e. The molecule has 0 bridgehead atoms. The van der Waals surface area contributed by atoms with Gasteiger partial charge in [-0.25, -0.2) is 0 Å². The minimum absolute atomic E-state index is 0.137. The van der Waals surface area contributed by atoms with E-state index in [4.69, 9.17) is 23.2 Å². The summed E-state index contributed by atoms with van der Waals surface area (Å²) in [5.41, 5.74) is 0.954. The van der Waals surface area contributed by atoms with Crippen LogP contribution in [0, 0.1) is 0 Å². The van der Waals surface area contributed by atoms with Crippen molar-refractivity contribution in [3.05, 3.63) is 45.1 Å².